The van der Waals surface area contributed by atoms with Gasteiger partial charge in [0.15, 0.2) is 6.10 Å². The van der Waals surface area contributed by atoms with E-state index in [4.69, 9.17) is 19.2 Å². The fraction of sp³-hybridized carbons (Fsp3) is 0.360. The van der Waals surface area contributed by atoms with E-state index in [1.807, 2.05) is 55.6 Å². The molecule has 2 aromatic heterocycles. The minimum Gasteiger partial charge on any atom is -0.478 e. The largest absolute Gasteiger partial charge is 0.478 e. The summed E-state index contributed by atoms with van der Waals surface area (Å²) >= 11 is 1.49. The molecule has 3 aromatic rings. The van der Waals surface area contributed by atoms with Gasteiger partial charge >= 0.3 is 5.97 Å². The zero-order valence-corrected chi connectivity index (χ0v) is 20.0. The average molecular weight is 482 g/mol. The molecule has 0 radical (unpaired) electrons. The number of benzene rings is 1. The van der Waals surface area contributed by atoms with Crippen molar-refractivity contribution in [2.75, 3.05) is 31.3 Å². The lowest BCUT2D eigenvalue weighted by Gasteiger charge is -2.33. The Balaban J connectivity index is 1.55. The van der Waals surface area contributed by atoms with E-state index >= 15 is 0 Å². The Bertz CT molecular complexity index is 1130. The van der Waals surface area contributed by atoms with Crippen LogP contribution in [0.15, 0.2) is 48.0 Å². The van der Waals surface area contributed by atoms with E-state index in [2.05, 4.69) is 4.98 Å². The lowest BCUT2D eigenvalue weighted by Crippen LogP contribution is -2.48. The van der Waals surface area contributed by atoms with E-state index in [0.29, 0.717) is 31.1 Å². The summed E-state index contributed by atoms with van der Waals surface area (Å²) in [4.78, 5) is 36.0. The van der Waals surface area contributed by atoms with Crippen molar-refractivity contribution in [1.29, 1.82) is 0 Å². The number of hydrogen-bond donors (Lipinski definition) is 0. The van der Waals surface area contributed by atoms with E-state index in [9.17, 15) is 9.59 Å². The van der Waals surface area contributed by atoms with Crippen molar-refractivity contribution in [2.45, 2.75) is 32.8 Å². The van der Waals surface area contributed by atoms with E-state index in [1.165, 1.54) is 16.2 Å². The van der Waals surface area contributed by atoms with Crippen LogP contribution in [-0.4, -0.2) is 54.3 Å². The molecule has 0 saturated carbocycles. The number of carbonyl (C=O) groups is 2. The quantitative estimate of drug-likeness (QED) is 0.314. The highest BCUT2D eigenvalue weighted by atomic mass is 32.1. The molecule has 1 unspecified atom stereocenters. The Kier molecular flexibility index (Phi) is 7.87. The molecule has 3 heterocycles. The maximum absolute atomic E-state index is 13.1. The predicted molar refractivity (Wildman–Crippen MR) is 130 cm³/mol. The van der Waals surface area contributed by atoms with Gasteiger partial charge in [-0.1, -0.05) is 19.9 Å². The Labute approximate surface area is 202 Å². The maximum Gasteiger partial charge on any atom is 0.326 e. The lowest BCUT2D eigenvalue weighted by atomic mass is 10.1. The van der Waals surface area contributed by atoms with Crippen LogP contribution in [0.1, 0.15) is 26.7 Å². The number of fused-ring (bicyclic) bond motifs is 1. The summed E-state index contributed by atoms with van der Waals surface area (Å²) in [5.74, 6) is -0.208. The van der Waals surface area contributed by atoms with Crippen molar-refractivity contribution in [3.63, 3.8) is 0 Å². The van der Waals surface area contributed by atoms with Crippen LogP contribution >= 0.6 is 11.3 Å². The van der Waals surface area contributed by atoms with Crippen molar-refractivity contribution >= 4 is 28.9 Å². The van der Waals surface area contributed by atoms with Crippen LogP contribution in [0.25, 0.3) is 22.0 Å². The number of esters is 1. The first-order chi connectivity index (χ1) is 16.6. The molecule has 0 aliphatic carbocycles. The van der Waals surface area contributed by atoms with E-state index in [1.54, 1.807) is 6.20 Å². The number of anilines is 1. The first-order valence-corrected chi connectivity index (χ1v) is 12.2. The van der Waals surface area contributed by atoms with Gasteiger partial charge in [-0.3, -0.25) is 19.5 Å². The van der Waals surface area contributed by atoms with Crippen LogP contribution in [0.2, 0.25) is 0 Å². The van der Waals surface area contributed by atoms with Crippen molar-refractivity contribution in [3.8, 4) is 27.7 Å². The molecule has 1 aliphatic rings. The normalized spacial score (nSPS) is 15.1. The monoisotopic (exact) mass is 481 g/mol. The first kappa shape index (κ1) is 23.8. The molecule has 0 bridgehead atoms. The lowest BCUT2D eigenvalue weighted by molar-refractivity contribution is -0.145. The molecule has 0 N–H and O–H groups in total. The summed E-state index contributed by atoms with van der Waals surface area (Å²) in [6.45, 7) is 4.79. The molecule has 178 valence electrons. The average Bonchev–Trinajstić information content (AvgIpc) is 3.36. The Hall–Kier alpha value is -3.30. The van der Waals surface area contributed by atoms with Crippen molar-refractivity contribution < 1.29 is 23.8 Å². The van der Waals surface area contributed by atoms with Crippen molar-refractivity contribution in [1.82, 2.24) is 9.97 Å². The minimum atomic E-state index is -0.644. The summed E-state index contributed by atoms with van der Waals surface area (Å²) in [6.07, 6.45) is 2.48. The molecule has 0 spiro atoms. The molecule has 4 rings (SSSR count). The number of ether oxygens (including phenoxy) is 3. The Morgan fingerprint density at radius 1 is 1.15 bits per heavy atom. The third-order valence-corrected chi connectivity index (χ3v) is 6.11. The number of aromatic nitrogens is 2. The number of pyridine rings is 1. The number of rotatable bonds is 10. The van der Waals surface area contributed by atoms with Gasteiger partial charge in [-0.2, -0.15) is 0 Å². The SMILES string of the molecule is CCCOCCOC(=O)CN1C(=O)C(CC)Oc2ccc(-c3csc(-c4ccccn4)n3)cc21. The number of thiazole rings is 1. The molecule has 1 aromatic carbocycles. The molecular formula is C25H27N3O5S. The van der Waals surface area contributed by atoms with Gasteiger partial charge in [-0.05, 0) is 43.2 Å². The Morgan fingerprint density at radius 2 is 2.03 bits per heavy atom. The topological polar surface area (TPSA) is 90.9 Å². The van der Waals surface area contributed by atoms with Crippen molar-refractivity contribution in [2.24, 2.45) is 0 Å². The summed E-state index contributed by atoms with van der Waals surface area (Å²) in [5.41, 5.74) is 2.90. The highest BCUT2D eigenvalue weighted by Crippen LogP contribution is 2.39. The highest BCUT2D eigenvalue weighted by molar-refractivity contribution is 7.13. The molecule has 1 amide bonds. The second-order valence-corrected chi connectivity index (χ2v) is 8.57. The molecule has 1 atom stereocenters. The van der Waals surface area contributed by atoms with Gasteiger partial charge < -0.3 is 14.2 Å². The van der Waals surface area contributed by atoms with Gasteiger partial charge in [0.05, 0.1) is 23.7 Å². The number of hydrogen-bond acceptors (Lipinski definition) is 8. The third-order valence-electron chi connectivity index (χ3n) is 5.24. The number of carbonyl (C=O) groups excluding carboxylic acids is 2. The molecule has 1 aliphatic heterocycles. The van der Waals surface area contributed by atoms with Crippen molar-refractivity contribution in [3.05, 3.63) is 48.0 Å². The van der Waals surface area contributed by atoms with Gasteiger partial charge in [0.1, 0.15) is 23.9 Å². The molecule has 9 heteroatoms. The second-order valence-electron chi connectivity index (χ2n) is 7.71. The molecular weight excluding hydrogens is 454 g/mol. The predicted octanol–water partition coefficient (Wildman–Crippen LogP) is 4.35. The summed E-state index contributed by atoms with van der Waals surface area (Å²) in [5, 5.41) is 2.75. The van der Waals surface area contributed by atoms with Gasteiger partial charge in [-0.25, -0.2) is 4.98 Å². The number of nitrogens with zero attached hydrogens (tertiary/aromatic N) is 3. The van der Waals surface area contributed by atoms with Crippen LogP contribution in [0.5, 0.6) is 5.75 Å². The maximum atomic E-state index is 13.1. The summed E-state index contributed by atoms with van der Waals surface area (Å²) < 4.78 is 16.5. The van der Waals surface area contributed by atoms with Crippen LogP contribution in [0.3, 0.4) is 0 Å². The standard InChI is InChI=1S/C25H27N3O5S/c1-3-11-31-12-13-32-23(29)15-28-20-14-17(8-9-22(20)33-21(4-2)25(28)30)19-16-34-24(27-19)18-7-5-6-10-26-18/h5-10,14,16,21H,3-4,11-13,15H2,1-2H3. The van der Waals surface area contributed by atoms with E-state index in [-0.39, 0.29) is 19.1 Å². The fourth-order valence-corrected chi connectivity index (χ4v) is 4.36. The van der Waals surface area contributed by atoms with E-state index < -0.39 is 12.1 Å². The van der Waals surface area contributed by atoms with Crippen LogP contribution in [0, 0.1) is 0 Å². The third kappa shape index (κ3) is 5.43. The molecule has 8 nitrogen and oxygen atoms in total. The molecule has 0 saturated heterocycles. The second kappa shape index (κ2) is 11.2. The van der Waals surface area contributed by atoms with Crippen LogP contribution < -0.4 is 9.64 Å². The number of amides is 1. The van der Waals surface area contributed by atoms with Gasteiger partial charge in [0, 0.05) is 23.7 Å². The first-order valence-electron chi connectivity index (χ1n) is 11.3. The van der Waals surface area contributed by atoms with Crippen LogP contribution in [-0.2, 0) is 19.1 Å². The molecule has 0 fully saturated rings. The minimum absolute atomic E-state index is 0.149. The Morgan fingerprint density at radius 3 is 2.79 bits per heavy atom. The zero-order valence-electron chi connectivity index (χ0n) is 19.2. The summed E-state index contributed by atoms with van der Waals surface area (Å²) in [7, 11) is 0. The summed E-state index contributed by atoms with van der Waals surface area (Å²) in [6, 6.07) is 11.2. The van der Waals surface area contributed by atoms with Gasteiger partial charge in [0.25, 0.3) is 5.91 Å². The fourth-order valence-electron chi connectivity index (χ4n) is 3.55. The van der Waals surface area contributed by atoms with E-state index in [0.717, 1.165) is 28.4 Å². The van der Waals surface area contributed by atoms with Crippen LogP contribution in [0.4, 0.5) is 5.69 Å². The van der Waals surface area contributed by atoms with Gasteiger partial charge in [-0.15, -0.1) is 11.3 Å². The highest BCUT2D eigenvalue weighted by Gasteiger charge is 2.35. The molecule has 34 heavy (non-hydrogen) atoms. The van der Waals surface area contributed by atoms with Gasteiger partial charge in [0.2, 0.25) is 0 Å². The zero-order chi connectivity index (χ0) is 23.9. The smallest absolute Gasteiger partial charge is 0.326 e.